The second kappa shape index (κ2) is 4.32. The first kappa shape index (κ1) is 13.9. The summed E-state index contributed by atoms with van der Waals surface area (Å²) in [7, 11) is 0. The summed E-state index contributed by atoms with van der Waals surface area (Å²) in [5.74, 6) is 0.475. The van der Waals surface area contributed by atoms with Gasteiger partial charge in [-0.2, -0.15) is 0 Å². The molecular formula is C18H16N2O4. The number of hydrogen-bond acceptors (Lipinski definition) is 4. The first-order valence-corrected chi connectivity index (χ1v) is 8.30. The van der Waals surface area contributed by atoms with Gasteiger partial charge < -0.3 is 0 Å². The molecule has 0 aromatic heterocycles. The molecule has 2 bridgehead atoms. The molecule has 5 aliphatic rings. The van der Waals surface area contributed by atoms with Crippen molar-refractivity contribution in [3.05, 3.63) is 46.0 Å². The minimum absolute atomic E-state index is 0.0630. The predicted molar refractivity (Wildman–Crippen MR) is 85.0 cm³/mol. The van der Waals surface area contributed by atoms with Gasteiger partial charge in [0, 0.05) is 11.6 Å². The molecule has 3 fully saturated rings. The number of carbonyl (C=O) groups is 2. The van der Waals surface area contributed by atoms with Crippen LogP contribution in [0.2, 0.25) is 0 Å². The molecule has 0 N–H and O–H groups in total. The number of anilines is 1. The minimum Gasteiger partial charge on any atom is -0.274 e. The summed E-state index contributed by atoms with van der Waals surface area (Å²) >= 11 is 0. The number of nitro groups is 1. The highest BCUT2D eigenvalue weighted by molar-refractivity contribution is 6.22. The standard InChI is InChI=1S/C18H16N2O4/c1-8-2-3-9(6-14(8)20(23)24)19-17(21)15-10-4-5-11(13-7-12(10)13)16(15)18(19)22/h2-6,10-13,15-16H,7H2,1H3/t10-,11+,12-,13-,15+,16+/m1/s1. The van der Waals surface area contributed by atoms with Crippen molar-refractivity contribution in [1.82, 2.24) is 0 Å². The Bertz CT molecular complexity index is 809. The predicted octanol–water partition coefficient (Wildman–Crippen LogP) is 2.46. The van der Waals surface area contributed by atoms with E-state index in [0.717, 1.165) is 6.42 Å². The van der Waals surface area contributed by atoms with Crippen LogP contribution in [-0.4, -0.2) is 16.7 Å². The molecule has 4 aliphatic carbocycles. The van der Waals surface area contributed by atoms with Crippen LogP contribution in [0, 0.1) is 52.5 Å². The maximum atomic E-state index is 13.0. The summed E-state index contributed by atoms with van der Waals surface area (Å²) in [6, 6.07) is 4.57. The van der Waals surface area contributed by atoms with Crippen LogP contribution in [0.4, 0.5) is 11.4 Å². The van der Waals surface area contributed by atoms with Crippen LogP contribution in [0.1, 0.15) is 12.0 Å². The molecule has 1 heterocycles. The average Bonchev–Trinajstić information content (AvgIpc) is 3.33. The number of nitro benzene ring substituents is 1. The van der Waals surface area contributed by atoms with E-state index in [9.17, 15) is 19.7 Å². The van der Waals surface area contributed by atoms with E-state index in [1.54, 1.807) is 19.1 Å². The molecule has 2 amide bonds. The number of allylic oxidation sites excluding steroid dienone is 2. The number of amides is 2. The van der Waals surface area contributed by atoms with Crippen LogP contribution in [0.25, 0.3) is 0 Å². The Kier molecular flexibility index (Phi) is 2.50. The van der Waals surface area contributed by atoms with Crippen LogP contribution in [0.5, 0.6) is 0 Å². The van der Waals surface area contributed by atoms with Gasteiger partial charge in [-0.25, -0.2) is 4.90 Å². The number of hydrogen-bond donors (Lipinski definition) is 0. The maximum Gasteiger partial charge on any atom is 0.274 e. The monoisotopic (exact) mass is 324 g/mol. The second-order valence-corrected chi connectivity index (χ2v) is 7.39. The average molecular weight is 324 g/mol. The van der Waals surface area contributed by atoms with Gasteiger partial charge >= 0.3 is 0 Å². The van der Waals surface area contributed by atoms with E-state index in [1.807, 2.05) is 0 Å². The van der Waals surface area contributed by atoms with Crippen molar-refractivity contribution in [2.45, 2.75) is 13.3 Å². The number of imide groups is 1. The Labute approximate surface area is 138 Å². The maximum absolute atomic E-state index is 13.0. The van der Waals surface area contributed by atoms with Gasteiger partial charge in [-0.1, -0.05) is 18.2 Å². The third kappa shape index (κ3) is 1.56. The molecule has 6 heteroatoms. The van der Waals surface area contributed by atoms with E-state index >= 15 is 0 Å². The van der Waals surface area contributed by atoms with E-state index < -0.39 is 4.92 Å². The van der Waals surface area contributed by atoms with Gasteiger partial charge in [0.2, 0.25) is 11.8 Å². The molecule has 1 aliphatic heterocycles. The lowest BCUT2D eigenvalue weighted by Gasteiger charge is -2.37. The van der Waals surface area contributed by atoms with Gasteiger partial charge in [0.15, 0.2) is 0 Å². The zero-order chi connectivity index (χ0) is 16.7. The van der Waals surface area contributed by atoms with Crippen LogP contribution in [0.15, 0.2) is 30.4 Å². The molecule has 0 unspecified atom stereocenters. The lowest BCUT2D eigenvalue weighted by Crippen LogP contribution is -2.40. The molecule has 24 heavy (non-hydrogen) atoms. The van der Waals surface area contributed by atoms with E-state index in [0.29, 0.717) is 23.1 Å². The van der Waals surface area contributed by atoms with Crippen molar-refractivity contribution in [2.24, 2.45) is 35.5 Å². The Balaban J connectivity index is 1.57. The zero-order valence-corrected chi connectivity index (χ0v) is 13.1. The van der Waals surface area contributed by atoms with Crippen molar-refractivity contribution in [1.29, 1.82) is 0 Å². The van der Waals surface area contributed by atoms with Gasteiger partial charge in [-0.3, -0.25) is 19.7 Å². The molecule has 6 atom stereocenters. The normalized spacial score (nSPS) is 38.3. The van der Waals surface area contributed by atoms with Crippen LogP contribution in [0.3, 0.4) is 0 Å². The fourth-order valence-electron chi connectivity index (χ4n) is 5.15. The Hall–Kier alpha value is -2.50. The molecule has 122 valence electrons. The van der Waals surface area contributed by atoms with Crippen LogP contribution < -0.4 is 4.90 Å². The van der Waals surface area contributed by atoms with E-state index in [2.05, 4.69) is 12.2 Å². The van der Waals surface area contributed by atoms with Gasteiger partial charge in [-0.15, -0.1) is 0 Å². The fourth-order valence-corrected chi connectivity index (χ4v) is 5.15. The van der Waals surface area contributed by atoms with Gasteiger partial charge in [0.25, 0.3) is 5.69 Å². The number of carbonyl (C=O) groups excluding carboxylic acids is 2. The Morgan fingerprint density at radius 3 is 2.21 bits per heavy atom. The van der Waals surface area contributed by atoms with Crippen molar-refractivity contribution >= 4 is 23.2 Å². The quantitative estimate of drug-likeness (QED) is 0.362. The van der Waals surface area contributed by atoms with Crippen molar-refractivity contribution < 1.29 is 14.5 Å². The largest absolute Gasteiger partial charge is 0.274 e. The molecular weight excluding hydrogens is 308 g/mol. The SMILES string of the molecule is Cc1ccc(N2C(=O)[C@H]3[C@@H]4C=C[C@@H]([C@H]5C[C@H]45)[C@@H]3C2=O)cc1[N+](=O)[O-]. The summed E-state index contributed by atoms with van der Waals surface area (Å²) in [4.78, 5) is 37.8. The summed E-state index contributed by atoms with van der Waals surface area (Å²) in [5, 5.41) is 11.2. The first-order valence-electron chi connectivity index (χ1n) is 8.30. The highest BCUT2D eigenvalue weighted by Gasteiger charge is 2.67. The van der Waals surface area contributed by atoms with E-state index in [-0.39, 0.29) is 41.2 Å². The summed E-state index contributed by atoms with van der Waals surface area (Å²) in [5.41, 5.74) is 0.778. The van der Waals surface area contributed by atoms with Crippen molar-refractivity contribution in [3.8, 4) is 0 Å². The molecule has 0 spiro atoms. The van der Waals surface area contributed by atoms with Crippen molar-refractivity contribution in [3.63, 3.8) is 0 Å². The minimum atomic E-state index is -0.475. The van der Waals surface area contributed by atoms with Gasteiger partial charge in [0.1, 0.15) is 0 Å². The third-order valence-electron chi connectivity index (χ3n) is 6.31. The number of benzene rings is 1. The first-order chi connectivity index (χ1) is 11.5. The van der Waals surface area contributed by atoms with E-state index in [4.69, 9.17) is 0 Å². The van der Waals surface area contributed by atoms with Crippen molar-refractivity contribution in [2.75, 3.05) is 4.90 Å². The fraction of sp³-hybridized carbons (Fsp3) is 0.444. The molecule has 6 nitrogen and oxygen atoms in total. The van der Waals surface area contributed by atoms with Crippen LogP contribution in [-0.2, 0) is 9.59 Å². The lowest BCUT2D eigenvalue weighted by atomic mass is 9.63. The highest BCUT2D eigenvalue weighted by atomic mass is 16.6. The topological polar surface area (TPSA) is 80.5 Å². The summed E-state index contributed by atoms with van der Waals surface area (Å²) < 4.78 is 0. The highest BCUT2D eigenvalue weighted by Crippen LogP contribution is 2.65. The molecule has 1 saturated heterocycles. The Morgan fingerprint density at radius 2 is 1.67 bits per heavy atom. The molecule has 1 aromatic carbocycles. The zero-order valence-electron chi connectivity index (χ0n) is 13.1. The molecule has 0 radical (unpaired) electrons. The smallest absolute Gasteiger partial charge is 0.274 e. The number of aryl methyl sites for hydroxylation is 1. The van der Waals surface area contributed by atoms with Gasteiger partial charge in [0.05, 0.1) is 22.4 Å². The van der Waals surface area contributed by atoms with Gasteiger partial charge in [-0.05, 0) is 43.1 Å². The molecule has 2 saturated carbocycles. The lowest BCUT2D eigenvalue weighted by molar-refractivity contribution is -0.385. The number of rotatable bonds is 2. The second-order valence-electron chi connectivity index (χ2n) is 7.39. The Morgan fingerprint density at radius 1 is 1.08 bits per heavy atom. The number of nitrogens with zero attached hydrogens (tertiary/aromatic N) is 2. The van der Waals surface area contributed by atoms with Crippen LogP contribution >= 0.6 is 0 Å². The molecule has 6 rings (SSSR count). The third-order valence-corrected chi connectivity index (χ3v) is 6.31. The summed E-state index contributed by atoms with van der Waals surface area (Å²) in [6.07, 6.45) is 5.35. The van der Waals surface area contributed by atoms with E-state index in [1.165, 1.54) is 11.0 Å². The molecule has 1 aromatic rings. The summed E-state index contributed by atoms with van der Waals surface area (Å²) in [6.45, 7) is 1.65.